The normalized spacial score (nSPS) is 12.8. The maximum atomic E-state index is 4.73. The van der Waals surface area contributed by atoms with Gasteiger partial charge in [0.1, 0.15) is 10.8 Å². The minimum absolute atomic E-state index is 0.268. The first-order chi connectivity index (χ1) is 9.70. The Bertz CT molecular complexity index is 675. The van der Waals surface area contributed by atoms with E-state index in [1.807, 2.05) is 6.20 Å². The number of thiophene rings is 1. The van der Waals surface area contributed by atoms with Gasteiger partial charge in [-0.25, -0.2) is 9.97 Å². The second-order valence-electron chi connectivity index (χ2n) is 4.79. The molecule has 3 aromatic rings. The van der Waals surface area contributed by atoms with Gasteiger partial charge >= 0.3 is 0 Å². The van der Waals surface area contributed by atoms with Crippen molar-refractivity contribution >= 4 is 22.7 Å². The highest BCUT2D eigenvalue weighted by Crippen LogP contribution is 2.32. The number of rotatable bonds is 4. The predicted molar refractivity (Wildman–Crippen MR) is 85.6 cm³/mol. The van der Waals surface area contributed by atoms with Crippen LogP contribution in [0.4, 0.5) is 0 Å². The molecule has 3 rings (SSSR count). The molecular weight excluding hydrogens is 286 g/mol. The molecule has 0 spiro atoms. The van der Waals surface area contributed by atoms with Crippen LogP contribution in [-0.4, -0.2) is 14.5 Å². The minimum atomic E-state index is 0.268. The smallest absolute Gasteiger partial charge is 0.141 e. The Morgan fingerprint density at radius 3 is 2.80 bits per heavy atom. The van der Waals surface area contributed by atoms with E-state index in [1.165, 1.54) is 15.4 Å². The average molecular weight is 303 g/mol. The summed E-state index contributed by atoms with van der Waals surface area (Å²) in [4.78, 5) is 10.6. The highest BCUT2D eigenvalue weighted by atomic mass is 32.1. The average Bonchev–Trinajstić information content (AvgIpc) is 3.13. The molecule has 0 saturated heterocycles. The summed E-state index contributed by atoms with van der Waals surface area (Å²) < 4.78 is 2.25. The highest BCUT2D eigenvalue weighted by Gasteiger charge is 2.20. The minimum Gasteiger partial charge on any atom is -0.321 e. The molecule has 0 amide bonds. The van der Waals surface area contributed by atoms with Gasteiger partial charge in [0, 0.05) is 28.2 Å². The fraction of sp³-hybridized carbons (Fsp3) is 0.333. The van der Waals surface area contributed by atoms with Gasteiger partial charge in [-0.2, -0.15) is 11.3 Å². The molecule has 0 aliphatic heterocycles. The summed E-state index contributed by atoms with van der Waals surface area (Å²) >= 11 is 3.50. The largest absolute Gasteiger partial charge is 0.321 e. The third-order valence-electron chi connectivity index (χ3n) is 3.50. The quantitative estimate of drug-likeness (QED) is 0.700. The molecule has 0 fully saturated rings. The third kappa shape index (κ3) is 2.31. The number of thiazole rings is 1. The highest BCUT2D eigenvalue weighted by molar-refractivity contribution is 7.11. The molecule has 3 nitrogen and oxygen atoms in total. The van der Waals surface area contributed by atoms with Crippen LogP contribution in [0.5, 0.6) is 0 Å². The number of imidazole rings is 1. The van der Waals surface area contributed by atoms with Crippen molar-refractivity contribution in [1.82, 2.24) is 14.5 Å². The molecule has 0 aliphatic carbocycles. The Kier molecular flexibility index (Phi) is 3.72. The van der Waals surface area contributed by atoms with Crippen molar-refractivity contribution in [2.45, 2.75) is 33.2 Å². The molecule has 0 aromatic carbocycles. The second kappa shape index (κ2) is 5.50. The monoisotopic (exact) mass is 303 g/mol. The maximum Gasteiger partial charge on any atom is 0.141 e. The third-order valence-corrected chi connectivity index (χ3v) is 5.36. The Morgan fingerprint density at radius 2 is 2.20 bits per heavy atom. The molecule has 0 unspecified atom stereocenters. The van der Waals surface area contributed by atoms with Crippen LogP contribution in [0.15, 0.2) is 29.2 Å². The van der Waals surface area contributed by atoms with Gasteiger partial charge in [0.15, 0.2) is 0 Å². The number of aryl methyl sites for hydroxylation is 2. The second-order valence-corrected chi connectivity index (χ2v) is 6.80. The maximum absolute atomic E-state index is 4.73. The van der Waals surface area contributed by atoms with Gasteiger partial charge in [0.25, 0.3) is 0 Å². The van der Waals surface area contributed by atoms with Gasteiger partial charge in [-0.15, -0.1) is 11.3 Å². The zero-order valence-corrected chi connectivity index (χ0v) is 13.5. The van der Waals surface area contributed by atoms with E-state index in [1.54, 1.807) is 22.7 Å². The van der Waals surface area contributed by atoms with Gasteiger partial charge < -0.3 is 4.57 Å². The topological polar surface area (TPSA) is 30.7 Å². The number of hydrogen-bond acceptors (Lipinski definition) is 4. The van der Waals surface area contributed by atoms with Crippen molar-refractivity contribution in [1.29, 1.82) is 0 Å². The molecular formula is C15H17N3S2. The summed E-state index contributed by atoms with van der Waals surface area (Å²) in [5, 5.41) is 5.41. The Hall–Kier alpha value is -1.46. The zero-order chi connectivity index (χ0) is 14.1. The molecule has 3 aromatic heterocycles. The molecule has 104 valence electrons. The van der Waals surface area contributed by atoms with E-state index in [0.717, 1.165) is 17.9 Å². The van der Waals surface area contributed by atoms with Gasteiger partial charge in [-0.1, -0.05) is 6.92 Å². The van der Waals surface area contributed by atoms with Crippen LogP contribution < -0.4 is 0 Å². The summed E-state index contributed by atoms with van der Waals surface area (Å²) in [6.45, 7) is 6.42. The number of aromatic nitrogens is 3. The summed E-state index contributed by atoms with van der Waals surface area (Å²) in [7, 11) is 0. The fourth-order valence-corrected chi connectivity index (χ4v) is 4.05. The van der Waals surface area contributed by atoms with E-state index < -0.39 is 0 Å². The molecule has 0 saturated carbocycles. The van der Waals surface area contributed by atoms with E-state index in [2.05, 4.69) is 53.3 Å². The van der Waals surface area contributed by atoms with Crippen LogP contribution in [0.1, 0.15) is 35.0 Å². The molecule has 0 bridgehead atoms. The van der Waals surface area contributed by atoms with Gasteiger partial charge in [0.2, 0.25) is 0 Å². The SMILES string of the molecule is CC[C@H](c1nc(C)c(C)s1)n1ccnc1-c1ccsc1. The lowest BCUT2D eigenvalue weighted by atomic mass is 10.2. The summed E-state index contributed by atoms with van der Waals surface area (Å²) in [5.74, 6) is 1.03. The molecule has 0 N–H and O–H groups in total. The van der Waals surface area contributed by atoms with Crippen LogP contribution in [0.3, 0.4) is 0 Å². The van der Waals surface area contributed by atoms with E-state index >= 15 is 0 Å². The van der Waals surface area contributed by atoms with Gasteiger partial charge in [0.05, 0.1) is 11.7 Å². The first kappa shape index (κ1) is 13.5. The summed E-state index contributed by atoms with van der Waals surface area (Å²) in [6, 6.07) is 2.39. The Morgan fingerprint density at radius 1 is 1.35 bits per heavy atom. The lowest BCUT2D eigenvalue weighted by molar-refractivity contribution is 0.568. The van der Waals surface area contributed by atoms with Gasteiger partial charge in [-0.3, -0.25) is 0 Å². The molecule has 0 aliphatic rings. The van der Waals surface area contributed by atoms with Crippen molar-refractivity contribution in [3.05, 3.63) is 44.8 Å². The number of nitrogens with zero attached hydrogens (tertiary/aromatic N) is 3. The first-order valence-corrected chi connectivity index (χ1v) is 8.46. The number of hydrogen-bond donors (Lipinski definition) is 0. The molecule has 0 radical (unpaired) electrons. The van der Waals surface area contributed by atoms with E-state index in [0.29, 0.717) is 0 Å². The standard InChI is InChI=1S/C15H17N3S2/c1-4-13(15-17-10(2)11(3)20-15)18-7-6-16-14(18)12-5-8-19-9-12/h5-9,13H,4H2,1-3H3/t13-/m1/s1. The van der Waals surface area contributed by atoms with Crippen molar-refractivity contribution in [2.24, 2.45) is 0 Å². The van der Waals surface area contributed by atoms with E-state index in [4.69, 9.17) is 4.98 Å². The Balaban J connectivity index is 2.04. The summed E-state index contributed by atoms with van der Waals surface area (Å²) in [5.41, 5.74) is 2.32. The van der Waals surface area contributed by atoms with Gasteiger partial charge in [-0.05, 0) is 31.7 Å². The lowest BCUT2D eigenvalue weighted by Gasteiger charge is -2.16. The molecule has 5 heteroatoms. The summed E-state index contributed by atoms with van der Waals surface area (Å²) in [6.07, 6.45) is 4.95. The van der Waals surface area contributed by atoms with Crippen molar-refractivity contribution in [3.8, 4) is 11.4 Å². The predicted octanol–water partition coefficient (Wildman–Crippen LogP) is 4.68. The zero-order valence-electron chi connectivity index (χ0n) is 11.8. The molecule has 1 atom stereocenters. The van der Waals surface area contributed by atoms with Crippen LogP contribution in [0.2, 0.25) is 0 Å². The lowest BCUT2D eigenvalue weighted by Crippen LogP contribution is -2.10. The Labute approximate surface area is 127 Å². The van der Waals surface area contributed by atoms with Crippen molar-refractivity contribution in [2.75, 3.05) is 0 Å². The van der Waals surface area contributed by atoms with Crippen LogP contribution in [0, 0.1) is 13.8 Å². The van der Waals surface area contributed by atoms with E-state index in [-0.39, 0.29) is 6.04 Å². The van der Waals surface area contributed by atoms with E-state index in [9.17, 15) is 0 Å². The molecule has 3 heterocycles. The van der Waals surface area contributed by atoms with Crippen molar-refractivity contribution in [3.63, 3.8) is 0 Å². The van der Waals surface area contributed by atoms with Crippen LogP contribution >= 0.6 is 22.7 Å². The van der Waals surface area contributed by atoms with Crippen LogP contribution in [-0.2, 0) is 0 Å². The first-order valence-electron chi connectivity index (χ1n) is 6.70. The van der Waals surface area contributed by atoms with Crippen molar-refractivity contribution < 1.29 is 0 Å². The molecule has 20 heavy (non-hydrogen) atoms. The fourth-order valence-electron chi connectivity index (χ4n) is 2.31. The van der Waals surface area contributed by atoms with Crippen LogP contribution in [0.25, 0.3) is 11.4 Å².